The molecule has 1 aliphatic heterocycles. The quantitative estimate of drug-likeness (QED) is 0.173. The minimum absolute atomic E-state index is 0.0547. The van der Waals surface area contributed by atoms with E-state index >= 15 is 0 Å². The first-order valence-electron chi connectivity index (χ1n) is 12.8. The van der Waals surface area contributed by atoms with Crippen LogP contribution < -0.4 is 15.0 Å². The second-order valence-corrected chi connectivity index (χ2v) is 9.98. The Labute approximate surface area is 226 Å². The van der Waals surface area contributed by atoms with E-state index in [-0.39, 0.29) is 17.8 Å². The van der Waals surface area contributed by atoms with E-state index < -0.39 is 4.92 Å². The van der Waals surface area contributed by atoms with Gasteiger partial charge in [-0.2, -0.15) is 0 Å². The van der Waals surface area contributed by atoms with Crippen molar-refractivity contribution in [1.29, 1.82) is 0 Å². The number of nitro groups is 1. The first kappa shape index (κ1) is 24.1. The smallest absolute Gasteiger partial charge is 0.269 e. The summed E-state index contributed by atoms with van der Waals surface area (Å²) in [5.41, 5.74) is 3.68. The molecule has 0 spiro atoms. The van der Waals surface area contributed by atoms with Gasteiger partial charge in [-0.1, -0.05) is 6.07 Å². The van der Waals surface area contributed by atoms with Crippen LogP contribution in [0.5, 0.6) is 5.75 Å². The van der Waals surface area contributed by atoms with Crippen molar-refractivity contribution in [2.45, 2.75) is 43.9 Å². The van der Waals surface area contributed by atoms with Gasteiger partial charge in [0.1, 0.15) is 11.8 Å². The van der Waals surface area contributed by atoms with Gasteiger partial charge in [0.15, 0.2) is 5.11 Å². The highest BCUT2D eigenvalue weighted by molar-refractivity contribution is 7.80. The third kappa shape index (κ3) is 4.61. The molecule has 0 radical (unpaired) electrons. The number of thiocarbonyl (C=S) groups is 1. The van der Waals surface area contributed by atoms with Crippen LogP contribution in [0.25, 0.3) is 5.69 Å². The summed E-state index contributed by atoms with van der Waals surface area (Å²) < 4.78 is 8.23. The molecule has 2 fully saturated rings. The Hall–Kier alpha value is -4.24. The van der Waals surface area contributed by atoms with E-state index in [0.717, 1.165) is 41.4 Å². The van der Waals surface area contributed by atoms with Gasteiger partial charge >= 0.3 is 0 Å². The van der Waals surface area contributed by atoms with E-state index in [1.165, 1.54) is 25.0 Å². The Morgan fingerprint density at radius 1 is 0.947 bits per heavy atom. The van der Waals surface area contributed by atoms with Gasteiger partial charge in [0.2, 0.25) is 0 Å². The molecule has 8 nitrogen and oxygen atoms in total. The van der Waals surface area contributed by atoms with Gasteiger partial charge in [-0.3, -0.25) is 15.1 Å². The predicted molar refractivity (Wildman–Crippen MR) is 150 cm³/mol. The molecule has 3 heterocycles. The zero-order chi connectivity index (χ0) is 26.1. The highest BCUT2D eigenvalue weighted by Gasteiger charge is 2.42. The van der Waals surface area contributed by atoms with E-state index in [9.17, 15) is 10.1 Å². The molecule has 2 unspecified atom stereocenters. The lowest BCUT2D eigenvalue weighted by Gasteiger charge is -2.29. The van der Waals surface area contributed by atoms with Crippen molar-refractivity contribution in [2.75, 3.05) is 4.90 Å². The molecule has 0 bridgehead atoms. The predicted octanol–water partition coefficient (Wildman–Crippen LogP) is 6.28. The van der Waals surface area contributed by atoms with Crippen molar-refractivity contribution in [1.82, 2.24) is 14.9 Å². The maximum Gasteiger partial charge on any atom is 0.269 e. The van der Waals surface area contributed by atoms with Gasteiger partial charge in [-0.15, -0.1) is 0 Å². The first-order valence-corrected chi connectivity index (χ1v) is 13.2. The van der Waals surface area contributed by atoms with Gasteiger partial charge in [-0.05, 0) is 98.6 Å². The van der Waals surface area contributed by atoms with Gasteiger partial charge in [0.05, 0.1) is 22.8 Å². The molecule has 1 saturated carbocycles. The summed E-state index contributed by atoms with van der Waals surface area (Å²) >= 11 is 5.88. The van der Waals surface area contributed by atoms with E-state index in [4.69, 9.17) is 17.0 Å². The van der Waals surface area contributed by atoms with Crippen molar-refractivity contribution < 1.29 is 9.66 Å². The molecule has 2 aliphatic rings. The molecule has 4 aromatic rings. The largest absolute Gasteiger partial charge is 0.490 e. The molecule has 2 aromatic carbocycles. The van der Waals surface area contributed by atoms with Crippen LogP contribution >= 0.6 is 12.2 Å². The van der Waals surface area contributed by atoms with Gasteiger partial charge < -0.3 is 19.5 Å². The number of aromatic nitrogens is 2. The number of benzene rings is 2. The minimum atomic E-state index is -0.390. The number of rotatable bonds is 7. The van der Waals surface area contributed by atoms with Crippen LogP contribution in [0, 0.1) is 10.1 Å². The van der Waals surface area contributed by atoms with Gasteiger partial charge in [0, 0.05) is 41.6 Å². The summed E-state index contributed by atoms with van der Waals surface area (Å²) in [4.78, 5) is 17.5. The fourth-order valence-corrected chi connectivity index (χ4v) is 5.77. The first-order chi connectivity index (χ1) is 18.6. The molecular formula is C29H27N5O3S. The van der Waals surface area contributed by atoms with E-state index in [1.807, 2.05) is 59.3 Å². The summed E-state index contributed by atoms with van der Waals surface area (Å²) in [5.74, 6) is 0.866. The third-order valence-electron chi connectivity index (χ3n) is 7.24. The Balaban J connectivity index is 1.38. The summed E-state index contributed by atoms with van der Waals surface area (Å²) in [5, 5.41) is 15.3. The normalized spacial score (nSPS) is 19.5. The lowest BCUT2D eigenvalue weighted by Crippen LogP contribution is -2.30. The Kier molecular flexibility index (Phi) is 6.51. The maximum atomic E-state index is 11.2. The van der Waals surface area contributed by atoms with Crippen LogP contribution in [0.3, 0.4) is 0 Å². The molecule has 38 heavy (non-hydrogen) atoms. The molecule has 1 aliphatic carbocycles. The number of hydrogen-bond donors (Lipinski definition) is 1. The van der Waals surface area contributed by atoms with E-state index in [0.29, 0.717) is 11.2 Å². The van der Waals surface area contributed by atoms with Crippen LogP contribution in [0.1, 0.15) is 49.2 Å². The molecule has 1 saturated heterocycles. The van der Waals surface area contributed by atoms with Crippen LogP contribution in [0.2, 0.25) is 0 Å². The number of non-ortho nitro benzene ring substituents is 1. The zero-order valence-electron chi connectivity index (χ0n) is 20.6. The highest BCUT2D eigenvalue weighted by Crippen LogP contribution is 2.42. The Morgan fingerprint density at radius 2 is 1.68 bits per heavy atom. The molecule has 192 valence electrons. The van der Waals surface area contributed by atoms with Crippen molar-refractivity contribution in [3.63, 3.8) is 0 Å². The molecule has 9 heteroatoms. The zero-order valence-corrected chi connectivity index (χ0v) is 21.5. The third-order valence-corrected chi connectivity index (χ3v) is 7.55. The Bertz CT molecular complexity index is 1430. The van der Waals surface area contributed by atoms with Crippen molar-refractivity contribution in [3.05, 3.63) is 113 Å². The van der Waals surface area contributed by atoms with Crippen LogP contribution in [-0.4, -0.2) is 25.7 Å². The fraction of sp³-hybridized carbons (Fsp3) is 0.241. The fourth-order valence-electron chi connectivity index (χ4n) is 5.42. The molecule has 2 aromatic heterocycles. The number of nitrogens with one attached hydrogen (secondary N) is 1. The molecule has 6 rings (SSSR count). The second-order valence-electron chi connectivity index (χ2n) is 9.59. The topological polar surface area (TPSA) is 85.5 Å². The summed E-state index contributed by atoms with van der Waals surface area (Å²) in [6.45, 7) is 0. The Morgan fingerprint density at radius 3 is 2.37 bits per heavy atom. The highest BCUT2D eigenvalue weighted by atomic mass is 32.1. The number of nitrogens with zero attached hydrogens (tertiary/aromatic N) is 4. The number of pyridine rings is 1. The van der Waals surface area contributed by atoms with E-state index in [2.05, 4.69) is 21.3 Å². The van der Waals surface area contributed by atoms with Crippen molar-refractivity contribution in [2.24, 2.45) is 0 Å². The average Bonchev–Trinajstić information content (AvgIpc) is 3.70. The number of hydrogen-bond acceptors (Lipinski definition) is 5. The summed E-state index contributed by atoms with van der Waals surface area (Å²) in [6, 6.07) is 24.2. The number of ether oxygens (including phenoxy) is 1. The lowest BCUT2D eigenvalue weighted by molar-refractivity contribution is -0.384. The van der Waals surface area contributed by atoms with Crippen molar-refractivity contribution >= 4 is 28.7 Å². The van der Waals surface area contributed by atoms with Gasteiger partial charge in [-0.25, -0.2) is 0 Å². The average molecular weight is 526 g/mol. The lowest BCUT2D eigenvalue weighted by atomic mass is 10.0. The SMILES string of the molecule is O=[N+]([O-])c1ccc(-n2cccc2C2C(c3ccccn3)NC(=S)N2c2ccc(OC3CCCC3)cc2)cc1. The summed E-state index contributed by atoms with van der Waals surface area (Å²) in [7, 11) is 0. The molecule has 0 amide bonds. The maximum absolute atomic E-state index is 11.2. The molecule has 1 N–H and O–H groups in total. The van der Waals surface area contributed by atoms with Crippen LogP contribution in [0.15, 0.2) is 91.3 Å². The number of nitro benzene ring substituents is 1. The number of anilines is 1. The van der Waals surface area contributed by atoms with Gasteiger partial charge in [0.25, 0.3) is 5.69 Å². The van der Waals surface area contributed by atoms with Crippen LogP contribution in [0.4, 0.5) is 11.4 Å². The molecular weight excluding hydrogens is 498 g/mol. The standard InChI is InChI=1S/C29H27N5O3S/c35-34(36)22-12-10-20(11-13-22)32-19-5-9-26(32)28-27(25-8-3-4-18-30-25)31-29(38)33(28)21-14-16-24(17-15-21)37-23-6-1-2-7-23/h3-5,8-19,23,27-28H,1-2,6-7H2,(H,31,38). The summed E-state index contributed by atoms with van der Waals surface area (Å²) in [6.07, 6.45) is 8.70. The monoisotopic (exact) mass is 525 g/mol. The van der Waals surface area contributed by atoms with Crippen molar-refractivity contribution in [3.8, 4) is 11.4 Å². The van der Waals surface area contributed by atoms with Crippen LogP contribution in [-0.2, 0) is 0 Å². The minimum Gasteiger partial charge on any atom is -0.490 e. The second kappa shape index (κ2) is 10.3. The van der Waals surface area contributed by atoms with E-state index in [1.54, 1.807) is 18.3 Å². The molecule has 2 atom stereocenters.